The van der Waals surface area contributed by atoms with Gasteiger partial charge in [0.25, 0.3) is 5.91 Å². The SMILES string of the molecule is CCCN(C)C(=O)c1cc(N)c2nc(-c3ccc(C)o3)nn2c1. The number of carbonyl (C=O) groups excluding carboxylic acids is 1. The van der Waals surface area contributed by atoms with Gasteiger partial charge in [0.05, 0.1) is 11.3 Å². The summed E-state index contributed by atoms with van der Waals surface area (Å²) in [5, 5.41) is 4.37. The Hall–Kier alpha value is -2.83. The van der Waals surface area contributed by atoms with Gasteiger partial charge in [0.2, 0.25) is 5.82 Å². The number of nitrogen functional groups attached to an aromatic ring is 1. The molecule has 0 spiro atoms. The van der Waals surface area contributed by atoms with Crippen molar-refractivity contribution in [2.24, 2.45) is 0 Å². The van der Waals surface area contributed by atoms with Crippen LogP contribution in [0.25, 0.3) is 17.2 Å². The third-order valence-corrected chi connectivity index (χ3v) is 3.58. The van der Waals surface area contributed by atoms with Gasteiger partial charge in [-0.3, -0.25) is 4.79 Å². The highest BCUT2D eigenvalue weighted by Gasteiger charge is 2.17. The number of fused-ring (bicyclic) bond motifs is 1. The monoisotopic (exact) mass is 313 g/mol. The van der Waals surface area contributed by atoms with Gasteiger partial charge in [0, 0.05) is 19.8 Å². The quantitative estimate of drug-likeness (QED) is 0.798. The second-order valence-electron chi connectivity index (χ2n) is 5.52. The Morgan fingerprint density at radius 1 is 1.43 bits per heavy atom. The number of anilines is 1. The van der Waals surface area contributed by atoms with Crippen LogP contribution in [0.15, 0.2) is 28.8 Å². The maximum absolute atomic E-state index is 12.4. The van der Waals surface area contributed by atoms with Crippen molar-refractivity contribution in [3.63, 3.8) is 0 Å². The summed E-state index contributed by atoms with van der Waals surface area (Å²) in [4.78, 5) is 18.4. The number of amides is 1. The van der Waals surface area contributed by atoms with Crippen LogP contribution in [-0.2, 0) is 0 Å². The molecule has 3 aromatic heterocycles. The molecule has 0 unspecified atom stereocenters. The van der Waals surface area contributed by atoms with E-state index in [0.717, 1.165) is 12.2 Å². The smallest absolute Gasteiger partial charge is 0.255 e. The first-order chi connectivity index (χ1) is 11.0. The van der Waals surface area contributed by atoms with Crippen molar-refractivity contribution in [3.8, 4) is 11.6 Å². The highest BCUT2D eigenvalue weighted by atomic mass is 16.3. The standard InChI is InChI=1S/C16H19N5O2/c1-4-7-20(3)16(22)11-8-12(17)15-18-14(19-21(15)9-11)13-6-5-10(2)23-13/h5-6,8-9H,4,7,17H2,1-3H3. The van der Waals surface area contributed by atoms with Crippen LogP contribution in [0.1, 0.15) is 29.5 Å². The second kappa shape index (κ2) is 5.75. The number of pyridine rings is 1. The molecule has 1 amide bonds. The van der Waals surface area contributed by atoms with Gasteiger partial charge in [-0.1, -0.05) is 6.92 Å². The molecule has 0 aromatic carbocycles. The summed E-state index contributed by atoms with van der Waals surface area (Å²) in [5.41, 5.74) is 7.43. The zero-order valence-corrected chi connectivity index (χ0v) is 13.4. The third-order valence-electron chi connectivity index (χ3n) is 3.58. The van der Waals surface area contributed by atoms with E-state index in [1.165, 1.54) is 4.52 Å². The first-order valence-corrected chi connectivity index (χ1v) is 7.47. The van der Waals surface area contributed by atoms with Crippen molar-refractivity contribution in [1.29, 1.82) is 0 Å². The van der Waals surface area contributed by atoms with Gasteiger partial charge < -0.3 is 15.1 Å². The molecule has 0 bridgehead atoms. The highest BCUT2D eigenvalue weighted by molar-refractivity contribution is 5.95. The summed E-state index contributed by atoms with van der Waals surface area (Å²) in [6.45, 7) is 4.56. The van der Waals surface area contributed by atoms with Crippen molar-refractivity contribution >= 4 is 17.2 Å². The van der Waals surface area contributed by atoms with Crippen molar-refractivity contribution in [2.75, 3.05) is 19.3 Å². The van der Waals surface area contributed by atoms with E-state index in [1.54, 1.807) is 30.3 Å². The summed E-state index contributed by atoms with van der Waals surface area (Å²) in [7, 11) is 1.77. The molecule has 3 heterocycles. The van der Waals surface area contributed by atoms with E-state index in [0.29, 0.717) is 35.0 Å². The third kappa shape index (κ3) is 2.77. The molecule has 0 aliphatic heterocycles. The lowest BCUT2D eigenvalue weighted by Gasteiger charge is -2.16. The van der Waals surface area contributed by atoms with Crippen LogP contribution < -0.4 is 5.73 Å². The van der Waals surface area contributed by atoms with Crippen LogP contribution in [0.2, 0.25) is 0 Å². The zero-order chi connectivity index (χ0) is 16.6. The lowest BCUT2D eigenvalue weighted by molar-refractivity contribution is 0.0794. The molecule has 0 aliphatic carbocycles. The lowest BCUT2D eigenvalue weighted by Crippen LogP contribution is -2.27. The molecule has 0 saturated heterocycles. The van der Waals surface area contributed by atoms with Crippen LogP contribution in [0.4, 0.5) is 5.69 Å². The summed E-state index contributed by atoms with van der Waals surface area (Å²) in [6.07, 6.45) is 2.54. The Bertz CT molecular complexity index is 865. The normalized spacial score (nSPS) is 11.1. The van der Waals surface area contributed by atoms with Crippen LogP contribution >= 0.6 is 0 Å². The molecule has 2 N–H and O–H groups in total. The Morgan fingerprint density at radius 3 is 2.87 bits per heavy atom. The van der Waals surface area contributed by atoms with Crippen LogP contribution in [0.3, 0.4) is 0 Å². The van der Waals surface area contributed by atoms with Crippen LogP contribution in [0, 0.1) is 6.92 Å². The van der Waals surface area contributed by atoms with Crippen LogP contribution in [0.5, 0.6) is 0 Å². The van der Waals surface area contributed by atoms with E-state index in [-0.39, 0.29) is 5.91 Å². The summed E-state index contributed by atoms with van der Waals surface area (Å²) in [6, 6.07) is 5.29. The molecular weight excluding hydrogens is 294 g/mol. The largest absolute Gasteiger partial charge is 0.458 e. The zero-order valence-electron chi connectivity index (χ0n) is 13.4. The molecular formula is C16H19N5O2. The van der Waals surface area contributed by atoms with E-state index < -0.39 is 0 Å². The number of aromatic nitrogens is 3. The maximum atomic E-state index is 12.4. The average molecular weight is 313 g/mol. The maximum Gasteiger partial charge on any atom is 0.255 e. The molecule has 0 saturated carbocycles. The Labute approximate surface area is 133 Å². The lowest BCUT2D eigenvalue weighted by atomic mass is 10.2. The molecule has 7 nitrogen and oxygen atoms in total. The molecule has 7 heteroatoms. The predicted molar refractivity (Wildman–Crippen MR) is 87.1 cm³/mol. The number of rotatable bonds is 4. The van der Waals surface area contributed by atoms with Crippen molar-refractivity contribution in [2.45, 2.75) is 20.3 Å². The number of aryl methyl sites for hydroxylation is 1. The van der Waals surface area contributed by atoms with Gasteiger partial charge in [-0.25, -0.2) is 9.50 Å². The number of furan rings is 1. The van der Waals surface area contributed by atoms with Crippen molar-refractivity contribution in [3.05, 3.63) is 35.7 Å². The van der Waals surface area contributed by atoms with Gasteiger partial charge in [-0.2, -0.15) is 0 Å². The fourth-order valence-electron chi connectivity index (χ4n) is 2.44. The van der Waals surface area contributed by atoms with Crippen molar-refractivity contribution in [1.82, 2.24) is 19.5 Å². The Balaban J connectivity index is 2.03. The van der Waals surface area contributed by atoms with E-state index in [1.807, 2.05) is 19.9 Å². The molecule has 0 atom stereocenters. The first-order valence-electron chi connectivity index (χ1n) is 7.47. The number of hydrogen-bond acceptors (Lipinski definition) is 5. The van der Waals surface area contributed by atoms with Crippen molar-refractivity contribution < 1.29 is 9.21 Å². The molecule has 0 fully saturated rings. The molecule has 120 valence electrons. The summed E-state index contributed by atoms with van der Waals surface area (Å²) in [5.74, 6) is 1.70. The van der Waals surface area contributed by atoms with E-state index >= 15 is 0 Å². The number of nitrogens with zero attached hydrogens (tertiary/aromatic N) is 4. The molecule has 0 radical (unpaired) electrons. The molecule has 0 aliphatic rings. The number of hydrogen-bond donors (Lipinski definition) is 1. The van der Waals surface area contributed by atoms with Crippen LogP contribution in [-0.4, -0.2) is 39.0 Å². The fourth-order valence-corrected chi connectivity index (χ4v) is 2.44. The minimum atomic E-state index is -0.0913. The van der Waals surface area contributed by atoms with Gasteiger partial charge in [0.15, 0.2) is 11.4 Å². The molecule has 23 heavy (non-hydrogen) atoms. The van der Waals surface area contributed by atoms with E-state index in [2.05, 4.69) is 10.1 Å². The fraction of sp³-hybridized carbons (Fsp3) is 0.312. The molecule has 3 aromatic rings. The summed E-state index contributed by atoms with van der Waals surface area (Å²) < 4.78 is 7.06. The average Bonchev–Trinajstić information content (AvgIpc) is 3.12. The Kier molecular flexibility index (Phi) is 3.77. The Morgan fingerprint density at radius 2 is 2.22 bits per heavy atom. The minimum Gasteiger partial charge on any atom is -0.458 e. The highest BCUT2D eigenvalue weighted by Crippen LogP contribution is 2.22. The molecule has 3 rings (SSSR count). The first kappa shape index (κ1) is 15.1. The van der Waals surface area contributed by atoms with Gasteiger partial charge in [-0.15, -0.1) is 5.10 Å². The van der Waals surface area contributed by atoms with Gasteiger partial charge in [-0.05, 0) is 31.5 Å². The topological polar surface area (TPSA) is 89.7 Å². The van der Waals surface area contributed by atoms with E-state index in [9.17, 15) is 4.79 Å². The minimum absolute atomic E-state index is 0.0913. The van der Waals surface area contributed by atoms with E-state index in [4.69, 9.17) is 10.2 Å². The van der Waals surface area contributed by atoms with Gasteiger partial charge >= 0.3 is 0 Å². The predicted octanol–water partition coefficient (Wildman–Crippen LogP) is 2.36. The summed E-state index contributed by atoms with van der Waals surface area (Å²) >= 11 is 0. The second-order valence-corrected chi connectivity index (χ2v) is 5.52. The number of nitrogens with two attached hydrogens (primary N) is 1. The van der Waals surface area contributed by atoms with Gasteiger partial charge in [0.1, 0.15) is 5.76 Å². The number of carbonyl (C=O) groups is 1.